The fraction of sp³-hybridized carbons (Fsp3) is 0.184. The van der Waals surface area contributed by atoms with Crippen LogP contribution in [0, 0.1) is 11.8 Å². The van der Waals surface area contributed by atoms with Crippen molar-refractivity contribution in [2.45, 2.75) is 6.54 Å². The van der Waals surface area contributed by atoms with Crippen molar-refractivity contribution in [3.05, 3.63) is 125 Å². The molecule has 0 fully saturated rings. The minimum atomic E-state index is -4.42. The second-order valence-corrected chi connectivity index (χ2v) is 14.3. The van der Waals surface area contributed by atoms with E-state index in [2.05, 4.69) is 34.9 Å². The van der Waals surface area contributed by atoms with Gasteiger partial charge in [-0.15, -0.1) is 0 Å². The number of hydrogen-bond donors (Lipinski definition) is 1. The Morgan fingerprint density at radius 2 is 1.73 bits per heavy atom. The van der Waals surface area contributed by atoms with E-state index in [0.717, 1.165) is 4.90 Å². The van der Waals surface area contributed by atoms with Crippen molar-refractivity contribution in [3.63, 3.8) is 0 Å². The molecule has 6 aromatic rings. The van der Waals surface area contributed by atoms with Crippen molar-refractivity contribution >= 4 is 38.4 Å². The molecule has 1 amide bonds. The van der Waals surface area contributed by atoms with Gasteiger partial charge in [-0.25, -0.2) is 17.6 Å². The zero-order valence-electron chi connectivity index (χ0n) is 30.3. The van der Waals surface area contributed by atoms with Gasteiger partial charge >= 0.3 is 6.09 Å². The lowest BCUT2D eigenvalue weighted by Gasteiger charge is -2.24. The number of anilines is 1. The van der Waals surface area contributed by atoms with Gasteiger partial charge in [0.25, 0.3) is 10.0 Å². The summed E-state index contributed by atoms with van der Waals surface area (Å²) in [5.41, 5.74) is 10.8. The number of ether oxygens (including phenoxy) is 2. The van der Waals surface area contributed by atoms with Gasteiger partial charge in [-0.1, -0.05) is 53.6 Å². The molecule has 56 heavy (non-hydrogen) atoms. The molecular weight excluding hydrogens is 747 g/mol. The molecular formula is C38H34F2N10O5S. The first-order valence-corrected chi connectivity index (χ1v) is 18.5. The number of aromatic nitrogens is 4. The van der Waals surface area contributed by atoms with Crippen molar-refractivity contribution in [2.24, 2.45) is 5.11 Å². The van der Waals surface area contributed by atoms with Gasteiger partial charge in [0.15, 0.2) is 0 Å². The fourth-order valence-electron chi connectivity index (χ4n) is 5.85. The number of carbonyl (C=O) groups excluding carboxylic acids is 1. The molecule has 0 bridgehead atoms. The van der Waals surface area contributed by atoms with Crippen LogP contribution in [0.4, 0.5) is 25.0 Å². The Hall–Kier alpha value is -6.75. The number of methoxy groups -OCH3 is 1. The van der Waals surface area contributed by atoms with E-state index in [0.29, 0.717) is 39.8 Å². The molecule has 286 valence electrons. The standard InChI is InChI=1S/C38H34F2N10O5S/c1-49(2)18-19-55-38(51)50(22-24-8-11-27(12-9-24)46-48-41)23-56(52,53)47-32-7-5-4-6-29(32)34-35(39)33(36(40)45-37(34)54-3)25-10-13-31-30(20-25)28(15-16-42-31)26-14-17-43-44-21-26/h4-17,20-21,47H,18-19,22-23H2,1-3H3. The van der Waals surface area contributed by atoms with Crippen molar-refractivity contribution in [1.82, 2.24) is 30.0 Å². The number of para-hydroxylation sites is 1. The molecule has 0 aliphatic rings. The predicted molar refractivity (Wildman–Crippen MR) is 206 cm³/mol. The third-order valence-electron chi connectivity index (χ3n) is 8.46. The van der Waals surface area contributed by atoms with Crippen LogP contribution >= 0.6 is 0 Å². The topological polar surface area (TPSA) is 188 Å². The molecule has 3 aromatic heterocycles. The lowest BCUT2D eigenvalue weighted by molar-refractivity contribution is 0.0994. The third-order valence-corrected chi connectivity index (χ3v) is 9.64. The monoisotopic (exact) mass is 780 g/mol. The summed E-state index contributed by atoms with van der Waals surface area (Å²) in [4.78, 5) is 27.1. The summed E-state index contributed by atoms with van der Waals surface area (Å²) < 4.78 is 73.6. The second kappa shape index (κ2) is 17.2. The van der Waals surface area contributed by atoms with Crippen LogP contribution in [0.15, 0.2) is 103 Å². The Balaban J connectivity index is 1.36. The summed E-state index contributed by atoms with van der Waals surface area (Å²) in [6, 6.07) is 20.3. The van der Waals surface area contributed by atoms with E-state index in [-0.39, 0.29) is 35.5 Å². The smallest absolute Gasteiger partial charge is 0.411 e. The number of pyridine rings is 2. The van der Waals surface area contributed by atoms with Crippen molar-refractivity contribution in [1.29, 1.82) is 0 Å². The number of nitrogens with zero attached hydrogens (tertiary/aromatic N) is 9. The Morgan fingerprint density at radius 3 is 2.45 bits per heavy atom. The summed E-state index contributed by atoms with van der Waals surface area (Å²) in [5, 5.41) is 11.9. The van der Waals surface area contributed by atoms with Crippen LogP contribution in [0.1, 0.15) is 5.56 Å². The van der Waals surface area contributed by atoms with E-state index in [1.165, 1.54) is 49.7 Å². The lowest BCUT2D eigenvalue weighted by atomic mass is 9.96. The number of benzene rings is 3. The van der Waals surface area contributed by atoms with E-state index in [1.807, 2.05) is 0 Å². The second-order valence-electron chi connectivity index (χ2n) is 12.6. The Kier molecular flexibility index (Phi) is 11.9. The fourth-order valence-corrected chi connectivity index (χ4v) is 7.03. The summed E-state index contributed by atoms with van der Waals surface area (Å²) in [6.45, 7) is 0.192. The number of sulfonamides is 1. The van der Waals surface area contributed by atoms with Crippen molar-refractivity contribution in [2.75, 3.05) is 45.0 Å². The van der Waals surface area contributed by atoms with Gasteiger partial charge in [0.05, 0.1) is 48.4 Å². The largest absolute Gasteiger partial charge is 0.480 e. The zero-order valence-corrected chi connectivity index (χ0v) is 31.1. The highest BCUT2D eigenvalue weighted by molar-refractivity contribution is 7.92. The Labute approximate surface area is 320 Å². The van der Waals surface area contributed by atoms with E-state index >= 15 is 8.78 Å². The van der Waals surface area contributed by atoms with Gasteiger partial charge in [-0.2, -0.15) is 19.6 Å². The highest BCUT2D eigenvalue weighted by Crippen LogP contribution is 2.42. The summed E-state index contributed by atoms with van der Waals surface area (Å²) in [6.07, 6.45) is 3.80. The lowest BCUT2D eigenvalue weighted by Crippen LogP contribution is -2.38. The van der Waals surface area contributed by atoms with Crippen LogP contribution in [0.25, 0.3) is 54.7 Å². The van der Waals surface area contributed by atoms with Crippen molar-refractivity contribution < 1.29 is 31.5 Å². The van der Waals surface area contributed by atoms with Gasteiger partial charge in [0.1, 0.15) is 18.3 Å². The average Bonchev–Trinajstić information content (AvgIpc) is 3.18. The molecule has 6 rings (SSSR count). The average molecular weight is 781 g/mol. The van der Waals surface area contributed by atoms with E-state index in [9.17, 15) is 13.2 Å². The summed E-state index contributed by atoms with van der Waals surface area (Å²) >= 11 is 0. The number of fused-ring (bicyclic) bond motifs is 1. The SMILES string of the molecule is COc1nc(F)c(-c2ccc3nccc(-c4ccnnc4)c3c2)c(F)c1-c1ccccc1NS(=O)(=O)CN(Cc1ccc(N=[N+]=[N-])cc1)C(=O)OCCN(C)C. The summed E-state index contributed by atoms with van der Waals surface area (Å²) in [5.74, 6) is -3.52. The third kappa shape index (κ3) is 8.95. The number of carbonyl (C=O) groups is 1. The molecule has 3 heterocycles. The molecule has 0 spiro atoms. The molecule has 18 heteroatoms. The van der Waals surface area contributed by atoms with Gasteiger partial charge in [0.2, 0.25) is 11.8 Å². The van der Waals surface area contributed by atoms with E-state index < -0.39 is 45.2 Å². The molecule has 0 aliphatic carbocycles. The number of halogens is 2. The maximum Gasteiger partial charge on any atom is 0.411 e. The van der Waals surface area contributed by atoms with Crippen LogP contribution < -0.4 is 9.46 Å². The normalized spacial score (nSPS) is 11.2. The molecule has 0 atom stereocenters. The number of likely N-dealkylation sites (N-methyl/N-ethyl adjacent to an activating group) is 1. The number of rotatable bonds is 14. The van der Waals surface area contributed by atoms with Crippen LogP contribution in [0.5, 0.6) is 5.88 Å². The first-order valence-electron chi connectivity index (χ1n) is 16.9. The number of hydrogen-bond acceptors (Lipinski definition) is 11. The van der Waals surface area contributed by atoms with Crippen LogP contribution in [-0.2, 0) is 21.3 Å². The molecule has 15 nitrogen and oxygen atoms in total. The van der Waals surface area contributed by atoms with Crippen molar-refractivity contribution in [3.8, 4) is 39.3 Å². The van der Waals surface area contributed by atoms with Gasteiger partial charge < -0.3 is 14.4 Å². The minimum Gasteiger partial charge on any atom is -0.480 e. The minimum absolute atomic E-state index is 0.0105. The molecule has 0 unspecified atom stereocenters. The molecule has 1 N–H and O–H groups in total. The number of nitrogens with one attached hydrogen (secondary N) is 1. The Morgan fingerprint density at radius 1 is 0.946 bits per heavy atom. The van der Waals surface area contributed by atoms with E-state index in [4.69, 9.17) is 15.0 Å². The summed E-state index contributed by atoms with van der Waals surface area (Å²) in [7, 11) is 0.343. The van der Waals surface area contributed by atoms with Crippen LogP contribution in [-0.4, -0.2) is 84.7 Å². The van der Waals surface area contributed by atoms with Crippen LogP contribution in [0.3, 0.4) is 0 Å². The zero-order chi connectivity index (χ0) is 39.8. The Bertz CT molecular complexity index is 2540. The first-order chi connectivity index (χ1) is 27.0. The first kappa shape index (κ1) is 39.0. The highest BCUT2D eigenvalue weighted by Gasteiger charge is 2.28. The van der Waals surface area contributed by atoms with Crippen LogP contribution in [0.2, 0.25) is 0 Å². The maximum absolute atomic E-state index is 16.9. The van der Waals surface area contributed by atoms with E-state index in [1.54, 1.807) is 73.9 Å². The maximum atomic E-state index is 16.9. The molecule has 0 saturated heterocycles. The number of azide groups is 1. The predicted octanol–water partition coefficient (Wildman–Crippen LogP) is 7.55. The molecule has 0 radical (unpaired) electrons. The molecule has 0 aliphatic heterocycles. The quantitative estimate of drug-likeness (QED) is 0.0500. The molecule has 3 aromatic carbocycles. The number of amides is 1. The highest BCUT2D eigenvalue weighted by atomic mass is 32.2. The molecule has 0 saturated carbocycles. The van der Waals surface area contributed by atoms with Gasteiger partial charge in [-0.05, 0) is 66.6 Å². The van der Waals surface area contributed by atoms with Gasteiger partial charge in [0, 0.05) is 39.9 Å². The van der Waals surface area contributed by atoms with Gasteiger partial charge in [-0.3, -0.25) is 14.6 Å².